The summed E-state index contributed by atoms with van der Waals surface area (Å²) >= 11 is 0. The first-order chi connectivity index (χ1) is 8.89. The quantitative estimate of drug-likeness (QED) is 0.851. The summed E-state index contributed by atoms with van der Waals surface area (Å²) in [5.41, 5.74) is 0.155. The number of urea groups is 1. The van der Waals surface area contributed by atoms with Crippen LogP contribution < -0.4 is 5.32 Å². The topological polar surface area (TPSA) is 35.6 Å². The molecule has 0 radical (unpaired) electrons. The fourth-order valence-electron chi connectivity index (χ4n) is 3.29. The lowest BCUT2D eigenvalue weighted by molar-refractivity contribution is 0.172. The lowest BCUT2D eigenvalue weighted by atomic mass is 9.86. The van der Waals surface area contributed by atoms with E-state index in [0.717, 1.165) is 26.1 Å². The first kappa shape index (κ1) is 14.6. The van der Waals surface area contributed by atoms with Gasteiger partial charge in [-0.25, -0.2) is 4.79 Å². The van der Waals surface area contributed by atoms with Gasteiger partial charge in [0.15, 0.2) is 0 Å². The van der Waals surface area contributed by atoms with Crippen molar-refractivity contribution in [3.05, 3.63) is 0 Å². The Morgan fingerprint density at radius 1 is 1.32 bits per heavy atom. The van der Waals surface area contributed by atoms with Crippen LogP contribution >= 0.6 is 0 Å². The molecule has 0 aliphatic carbocycles. The van der Waals surface area contributed by atoms with E-state index in [-0.39, 0.29) is 11.4 Å². The Hall–Kier alpha value is -0.770. The molecule has 1 N–H and O–H groups in total. The molecular weight excluding hydrogens is 238 g/mol. The van der Waals surface area contributed by atoms with Gasteiger partial charge in [-0.05, 0) is 31.2 Å². The number of nitrogens with zero attached hydrogens (tertiary/aromatic N) is 2. The van der Waals surface area contributed by atoms with Crippen LogP contribution in [0.4, 0.5) is 4.79 Å². The molecule has 2 saturated heterocycles. The van der Waals surface area contributed by atoms with Gasteiger partial charge in [0.2, 0.25) is 0 Å². The summed E-state index contributed by atoms with van der Waals surface area (Å²) in [6, 6.07) is 1.15. The molecule has 0 aromatic rings. The summed E-state index contributed by atoms with van der Waals surface area (Å²) < 4.78 is 0. The normalized spacial score (nSPS) is 29.2. The molecule has 0 bridgehead atoms. The molecule has 4 heteroatoms. The van der Waals surface area contributed by atoms with Gasteiger partial charge in [-0.2, -0.15) is 0 Å². The Balaban J connectivity index is 1.85. The molecule has 2 atom stereocenters. The van der Waals surface area contributed by atoms with Crippen molar-refractivity contribution in [3.63, 3.8) is 0 Å². The van der Waals surface area contributed by atoms with Gasteiger partial charge >= 0.3 is 6.03 Å². The third-order valence-corrected chi connectivity index (χ3v) is 4.59. The van der Waals surface area contributed by atoms with Crippen molar-refractivity contribution in [2.45, 2.75) is 58.5 Å². The third kappa shape index (κ3) is 3.41. The molecule has 0 spiro atoms. The highest BCUT2D eigenvalue weighted by molar-refractivity contribution is 5.77. The largest absolute Gasteiger partial charge is 0.323 e. The average Bonchev–Trinajstić information content (AvgIpc) is 2.65. The molecular formula is C15H29N3O. The van der Waals surface area contributed by atoms with E-state index in [1.807, 2.05) is 16.8 Å². The lowest BCUT2D eigenvalue weighted by Gasteiger charge is -2.31. The van der Waals surface area contributed by atoms with Gasteiger partial charge < -0.3 is 15.1 Å². The van der Waals surface area contributed by atoms with E-state index in [2.05, 4.69) is 26.1 Å². The van der Waals surface area contributed by atoms with E-state index >= 15 is 0 Å². The van der Waals surface area contributed by atoms with Crippen LogP contribution in [0.2, 0.25) is 0 Å². The standard InChI is InChI=1S/C15H29N3O/c1-15(2,3)13-11-18(14(19)17(13)4)10-8-12-7-5-6-9-16-12/h12-13,16H,5-11H2,1-4H3. The van der Waals surface area contributed by atoms with Gasteiger partial charge in [0.1, 0.15) is 0 Å². The summed E-state index contributed by atoms with van der Waals surface area (Å²) in [4.78, 5) is 16.2. The molecule has 110 valence electrons. The van der Waals surface area contributed by atoms with Crippen molar-refractivity contribution in [1.82, 2.24) is 15.1 Å². The number of amides is 2. The van der Waals surface area contributed by atoms with Crippen LogP contribution in [0.1, 0.15) is 46.5 Å². The SMILES string of the molecule is CN1C(=O)N(CCC2CCCCN2)CC1C(C)(C)C. The van der Waals surface area contributed by atoms with Gasteiger partial charge in [0.25, 0.3) is 0 Å². The van der Waals surface area contributed by atoms with E-state index in [9.17, 15) is 4.79 Å². The zero-order chi connectivity index (χ0) is 14.0. The number of nitrogens with one attached hydrogen (secondary N) is 1. The number of carbonyl (C=O) groups is 1. The number of carbonyl (C=O) groups excluding carboxylic acids is 1. The van der Waals surface area contributed by atoms with E-state index < -0.39 is 0 Å². The molecule has 2 rings (SSSR count). The first-order valence-corrected chi connectivity index (χ1v) is 7.64. The lowest BCUT2D eigenvalue weighted by Crippen LogP contribution is -2.39. The second-order valence-electron chi connectivity index (χ2n) is 7.16. The van der Waals surface area contributed by atoms with Crippen molar-refractivity contribution in [3.8, 4) is 0 Å². The maximum Gasteiger partial charge on any atom is 0.320 e. The predicted octanol–water partition coefficient (Wildman–Crippen LogP) is 2.30. The minimum atomic E-state index is 0.155. The highest BCUT2D eigenvalue weighted by Crippen LogP contribution is 2.29. The zero-order valence-electron chi connectivity index (χ0n) is 12.9. The van der Waals surface area contributed by atoms with Crippen molar-refractivity contribution < 1.29 is 4.79 Å². The number of hydrogen-bond acceptors (Lipinski definition) is 2. The molecule has 2 aliphatic heterocycles. The number of rotatable bonds is 3. The molecule has 2 heterocycles. The number of likely N-dealkylation sites (N-methyl/N-ethyl adjacent to an activating group) is 1. The maximum atomic E-state index is 12.3. The summed E-state index contributed by atoms with van der Waals surface area (Å²) in [5.74, 6) is 0. The number of piperidine rings is 1. The summed E-state index contributed by atoms with van der Waals surface area (Å²) in [5, 5.41) is 3.56. The molecule has 2 aliphatic rings. The van der Waals surface area contributed by atoms with Crippen LogP contribution in [-0.2, 0) is 0 Å². The average molecular weight is 267 g/mol. The van der Waals surface area contributed by atoms with E-state index in [0.29, 0.717) is 12.1 Å². The predicted molar refractivity (Wildman–Crippen MR) is 78.2 cm³/mol. The fraction of sp³-hybridized carbons (Fsp3) is 0.933. The van der Waals surface area contributed by atoms with Crippen LogP contribution in [-0.4, -0.2) is 54.6 Å². The molecule has 0 saturated carbocycles. The van der Waals surface area contributed by atoms with Gasteiger partial charge in [0.05, 0.1) is 6.04 Å². The molecule has 2 unspecified atom stereocenters. The van der Waals surface area contributed by atoms with Gasteiger partial charge in [-0.3, -0.25) is 0 Å². The maximum absolute atomic E-state index is 12.3. The smallest absolute Gasteiger partial charge is 0.320 e. The molecule has 4 nitrogen and oxygen atoms in total. The van der Waals surface area contributed by atoms with E-state index in [4.69, 9.17) is 0 Å². The summed E-state index contributed by atoms with van der Waals surface area (Å²) in [6.45, 7) is 9.57. The Morgan fingerprint density at radius 3 is 2.58 bits per heavy atom. The monoisotopic (exact) mass is 267 g/mol. The first-order valence-electron chi connectivity index (χ1n) is 7.64. The van der Waals surface area contributed by atoms with Crippen LogP contribution in [0.3, 0.4) is 0 Å². The van der Waals surface area contributed by atoms with Crippen molar-refractivity contribution >= 4 is 6.03 Å². The Labute approximate surface area is 117 Å². The molecule has 2 fully saturated rings. The second kappa shape index (κ2) is 5.70. The Bertz CT molecular complexity index is 318. The van der Waals surface area contributed by atoms with Crippen LogP contribution in [0.5, 0.6) is 0 Å². The van der Waals surface area contributed by atoms with Gasteiger partial charge in [-0.15, -0.1) is 0 Å². The molecule has 0 aromatic carbocycles. The summed E-state index contributed by atoms with van der Waals surface area (Å²) in [6.07, 6.45) is 4.99. The molecule has 0 aromatic heterocycles. The minimum Gasteiger partial charge on any atom is -0.323 e. The molecule has 19 heavy (non-hydrogen) atoms. The Kier molecular flexibility index (Phi) is 4.39. The van der Waals surface area contributed by atoms with Crippen molar-refractivity contribution in [2.75, 3.05) is 26.7 Å². The van der Waals surface area contributed by atoms with E-state index in [1.165, 1.54) is 19.3 Å². The molecule has 2 amide bonds. The minimum absolute atomic E-state index is 0.155. The van der Waals surface area contributed by atoms with Crippen LogP contribution in [0.25, 0.3) is 0 Å². The van der Waals surface area contributed by atoms with E-state index in [1.54, 1.807) is 0 Å². The highest BCUT2D eigenvalue weighted by atomic mass is 16.2. The summed E-state index contributed by atoms with van der Waals surface area (Å²) in [7, 11) is 1.94. The highest BCUT2D eigenvalue weighted by Gasteiger charge is 2.40. The fourth-order valence-corrected chi connectivity index (χ4v) is 3.29. The van der Waals surface area contributed by atoms with Gasteiger partial charge in [-0.1, -0.05) is 27.2 Å². The van der Waals surface area contributed by atoms with Gasteiger partial charge in [0, 0.05) is 26.2 Å². The zero-order valence-corrected chi connectivity index (χ0v) is 12.9. The second-order valence-corrected chi connectivity index (χ2v) is 7.16. The number of hydrogen-bond donors (Lipinski definition) is 1. The van der Waals surface area contributed by atoms with Crippen LogP contribution in [0.15, 0.2) is 0 Å². The van der Waals surface area contributed by atoms with Crippen molar-refractivity contribution in [2.24, 2.45) is 5.41 Å². The Morgan fingerprint density at radius 2 is 2.05 bits per heavy atom. The van der Waals surface area contributed by atoms with Crippen molar-refractivity contribution in [1.29, 1.82) is 0 Å². The third-order valence-electron chi connectivity index (χ3n) is 4.59. The van der Waals surface area contributed by atoms with Crippen LogP contribution in [0, 0.1) is 5.41 Å².